The highest BCUT2D eigenvalue weighted by atomic mass is 79.9. The summed E-state index contributed by atoms with van der Waals surface area (Å²) in [4.78, 5) is 15.5. The Labute approximate surface area is 111 Å². The average Bonchev–Trinajstić information content (AvgIpc) is 2.80. The van der Waals surface area contributed by atoms with Gasteiger partial charge in [0.1, 0.15) is 0 Å². The summed E-state index contributed by atoms with van der Waals surface area (Å²) in [6.45, 7) is 5.75. The van der Waals surface area contributed by atoms with Crippen LogP contribution in [0.5, 0.6) is 0 Å². The standard InChI is InChI=1S/C12H20BrN3O/c1-10(2)11(13)12(17)15-5-3-4-7-16-8-6-14-9-16/h6,8-11H,3-5,7H2,1-2H3,(H,15,17). The van der Waals surface area contributed by atoms with E-state index < -0.39 is 0 Å². The zero-order chi connectivity index (χ0) is 12.7. The number of nitrogens with one attached hydrogen (secondary N) is 1. The van der Waals surface area contributed by atoms with Crippen molar-refractivity contribution in [2.45, 2.75) is 38.1 Å². The molecule has 0 spiro atoms. The van der Waals surface area contributed by atoms with E-state index in [0.717, 1.165) is 25.9 Å². The van der Waals surface area contributed by atoms with Gasteiger partial charge in [0.2, 0.25) is 5.91 Å². The smallest absolute Gasteiger partial charge is 0.234 e. The molecule has 0 aliphatic carbocycles. The molecule has 1 aromatic heterocycles. The number of unbranched alkanes of at least 4 members (excludes halogenated alkanes) is 1. The van der Waals surface area contributed by atoms with Gasteiger partial charge in [-0.05, 0) is 18.8 Å². The summed E-state index contributed by atoms with van der Waals surface area (Å²) in [6, 6.07) is 0. The van der Waals surface area contributed by atoms with E-state index in [2.05, 4.69) is 26.2 Å². The number of rotatable bonds is 7. The topological polar surface area (TPSA) is 46.9 Å². The largest absolute Gasteiger partial charge is 0.355 e. The number of aromatic nitrogens is 2. The molecule has 1 amide bonds. The third-order valence-electron chi connectivity index (χ3n) is 2.54. The molecule has 1 N–H and O–H groups in total. The van der Waals surface area contributed by atoms with Crippen LogP contribution in [0.3, 0.4) is 0 Å². The molecular weight excluding hydrogens is 282 g/mol. The van der Waals surface area contributed by atoms with Gasteiger partial charge in [-0.2, -0.15) is 0 Å². The third-order valence-corrected chi connectivity index (χ3v) is 4.01. The van der Waals surface area contributed by atoms with Gasteiger partial charge in [-0.3, -0.25) is 4.79 Å². The van der Waals surface area contributed by atoms with Gasteiger partial charge in [-0.15, -0.1) is 0 Å². The molecule has 17 heavy (non-hydrogen) atoms. The number of aryl methyl sites for hydroxylation is 1. The summed E-state index contributed by atoms with van der Waals surface area (Å²) in [5.41, 5.74) is 0. The van der Waals surface area contributed by atoms with E-state index >= 15 is 0 Å². The highest BCUT2D eigenvalue weighted by molar-refractivity contribution is 9.10. The minimum absolute atomic E-state index is 0.0858. The van der Waals surface area contributed by atoms with Gasteiger partial charge in [-0.25, -0.2) is 4.98 Å². The molecule has 0 fully saturated rings. The fraction of sp³-hybridized carbons (Fsp3) is 0.667. The van der Waals surface area contributed by atoms with Crippen molar-refractivity contribution in [1.29, 1.82) is 0 Å². The van der Waals surface area contributed by atoms with Gasteiger partial charge in [0.05, 0.1) is 11.2 Å². The van der Waals surface area contributed by atoms with Crippen LogP contribution < -0.4 is 5.32 Å². The first-order valence-electron chi connectivity index (χ1n) is 5.98. The first-order chi connectivity index (χ1) is 8.11. The van der Waals surface area contributed by atoms with Crippen molar-refractivity contribution in [2.75, 3.05) is 6.54 Å². The summed E-state index contributed by atoms with van der Waals surface area (Å²) < 4.78 is 2.04. The molecule has 0 saturated heterocycles. The second-order valence-corrected chi connectivity index (χ2v) is 5.43. The number of nitrogens with zero attached hydrogens (tertiary/aromatic N) is 2. The minimum atomic E-state index is -0.0869. The number of carbonyl (C=O) groups excluding carboxylic acids is 1. The highest BCUT2D eigenvalue weighted by Crippen LogP contribution is 2.11. The van der Waals surface area contributed by atoms with E-state index in [0.29, 0.717) is 5.92 Å². The minimum Gasteiger partial charge on any atom is -0.355 e. The predicted octanol–water partition coefficient (Wildman–Crippen LogP) is 2.20. The molecule has 0 aromatic carbocycles. The van der Waals surface area contributed by atoms with Gasteiger partial charge >= 0.3 is 0 Å². The SMILES string of the molecule is CC(C)C(Br)C(=O)NCCCCn1ccnc1. The molecule has 4 nitrogen and oxygen atoms in total. The Bertz CT molecular complexity index is 325. The monoisotopic (exact) mass is 301 g/mol. The van der Waals surface area contributed by atoms with Crippen LogP contribution in [0, 0.1) is 5.92 Å². The molecule has 0 aliphatic heterocycles. The Morgan fingerprint density at radius 2 is 2.24 bits per heavy atom. The number of carbonyl (C=O) groups is 1. The first-order valence-corrected chi connectivity index (χ1v) is 6.90. The second-order valence-electron chi connectivity index (χ2n) is 4.44. The third kappa shape index (κ3) is 5.35. The molecular formula is C12H20BrN3O. The Balaban J connectivity index is 2.06. The normalized spacial score (nSPS) is 12.7. The van der Waals surface area contributed by atoms with Crippen molar-refractivity contribution < 1.29 is 4.79 Å². The molecule has 0 aliphatic rings. The fourth-order valence-corrected chi connectivity index (χ4v) is 1.61. The molecule has 5 heteroatoms. The van der Waals surface area contributed by atoms with Crippen LogP contribution >= 0.6 is 15.9 Å². The number of hydrogen-bond donors (Lipinski definition) is 1. The van der Waals surface area contributed by atoms with E-state index in [9.17, 15) is 4.79 Å². The fourth-order valence-electron chi connectivity index (χ4n) is 1.45. The summed E-state index contributed by atoms with van der Waals surface area (Å²) in [7, 11) is 0. The average molecular weight is 302 g/mol. The first kappa shape index (κ1) is 14.2. The van der Waals surface area contributed by atoms with Crippen molar-refractivity contribution in [3.05, 3.63) is 18.7 Å². The molecule has 1 heterocycles. The van der Waals surface area contributed by atoms with Gasteiger partial charge in [-0.1, -0.05) is 29.8 Å². The van der Waals surface area contributed by atoms with Crippen molar-refractivity contribution in [3.8, 4) is 0 Å². The lowest BCUT2D eigenvalue weighted by Gasteiger charge is -2.13. The molecule has 0 bridgehead atoms. The maximum Gasteiger partial charge on any atom is 0.234 e. The van der Waals surface area contributed by atoms with E-state index in [1.165, 1.54) is 0 Å². The summed E-state index contributed by atoms with van der Waals surface area (Å²) in [5, 5.41) is 2.93. The Morgan fingerprint density at radius 3 is 2.82 bits per heavy atom. The number of halogens is 1. The molecule has 0 saturated carbocycles. The Kier molecular flexibility index (Phi) is 6.26. The number of alkyl halides is 1. The Hall–Kier alpha value is -0.840. The Morgan fingerprint density at radius 1 is 1.47 bits per heavy atom. The molecule has 1 unspecified atom stereocenters. The van der Waals surface area contributed by atoms with E-state index in [1.54, 1.807) is 6.20 Å². The number of imidazole rings is 1. The van der Waals surface area contributed by atoms with Crippen LogP contribution in [-0.4, -0.2) is 26.8 Å². The molecule has 96 valence electrons. The van der Waals surface area contributed by atoms with Crippen LogP contribution in [-0.2, 0) is 11.3 Å². The van der Waals surface area contributed by atoms with Crippen molar-refractivity contribution in [1.82, 2.24) is 14.9 Å². The van der Waals surface area contributed by atoms with Crippen molar-refractivity contribution >= 4 is 21.8 Å². The molecule has 1 rings (SSSR count). The number of hydrogen-bond acceptors (Lipinski definition) is 2. The second kappa shape index (κ2) is 7.48. The maximum absolute atomic E-state index is 11.6. The lowest BCUT2D eigenvalue weighted by molar-refractivity contribution is -0.121. The van der Waals surface area contributed by atoms with Crippen LogP contribution in [0.1, 0.15) is 26.7 Å². The molecule has 1 atom stereocenters. The molecule has 0 radical (unpaired) electrons. The number of amides is 1. The van der Waals surface area contributed by atoms with Gasteiger partial charge in [0.15, 0.2) is 0 Å². The van der Waals surface area contributed by atoms with E-state index in [1.807, 2.05) is 30.9 Å². The molecule has 1 aromatic rings. The van der Waals surface area contributed by atoms with Gasteiger partial charge in [0.25, 0.3) is 0 Å². The van der Waals surface area contributed by atoms with E-state index in [-0.39, 0.29) is 10.7 Å². The summed E-state index contributed by atoms with van der Waals surface area (Å²) in [5.74, 6) is 0.406. The maximum atomic E-state index is 11.6. The van der Waals surface area contributed by atoms with Gasteiger partial charge < -0.3 is 9.88 Å². The van der Waals surface area contributed by atoms with Crippen molar-refractivity contribution in [3.63, 3.8) is 0 Å². The zero-order valence-corrected chi connectivity index (χ0v) is 12.0. The lowest BCUT2D eigenvalue weighted by Crippen LogP contribution is -2.34. The lowest BCUT2D eigenvalue weighted by atomic mass is 10.1. The predicted molar refractivity (Wildman–Crippen MR) is 72.0 cm³/mol. The van der Waals surface area contributed by atoms with E-state index in [4.69, 9.17) is 0 Å². The van der Waals surface area contributed by atoms with Crippen LogP contribution in [0.25, 0.3) is 0 Å². The summed E-state index contributed by atoms with van der Waals surface area (Å²) in [6.07, 6.45) is 7.57. The van der Waals surface area contributed by atoms with Crippen molar-refractivity contribution in [2.24, 2.45) is 5.92 Å². The van der Waals surface area contributed by atoms with Gasteiger partial charge in [0, 0.05) is 25.5 Å². The van der Waals surface area contributed by atoms with Crippen LogP contribution in [0.15, 0.2) is 18.7 Å². The quantitative estimate of drug-likeness (QED) is 0.620. The zero-order valence-electron chi connectivity index (χ0n) is 10.4. The van der Waals surface area contributed by atoms with Crippen LogP contribution in [0.4, 0.5) is 0 Å². The highest BCUT2D eigenvalue weighted by Gasteiger charge is 2.17. The summed E-state index contributed by atoms with van der Waals surface area (Å²) >= 11 is 3.38. The van der Waals surface area contributed by atoms with Crippen LogP contribution in [0.2, 0.25) is 0 Å².